The van der Waals surface area contributed by atoms with Crippen molar-refractivity contribution in [3.63, 3.8) is 0 Å². The number of rotatable bonds is 4. The van der Waals surface area contributed by atoms with Crippen LogP contribution in [-0.2, 0) is 0 Å². The molecule has 2 heterocycles. The SMILES string of the molecule is CN(c1cc(-c2ccc(Cl)cc2Cl)no1)c1ncnc2cc([N+](=O)[O-])ccc12. The van der Waals surface area contributed by atoms with E-state index in [0.717, 1.165) is 0 Å². The lowest BCUT2D eigenvalue weighted by Gasteiger charge is -2.15. The first-order valence-corrected chi connectivity index (χ1v) is 8.74. The number of non-ortho nitro benzene ring substituents is 1. The van der Waals surface area contributed by atoms with Gasteiger partial charge in [-0.2, -0.15) is 0 Å². The van der Waals surface area contributed by atoms with Gasteiger partial charge in [0.25, 0.3) is 5.69 Å². The molecule has 0 aliphatic heterocycles. The molecule has 4 rings (SSSR count). The van der Waals surface area contributed by atoms with Crippen molar-refractivity contribution < 1.29 is 9.45 Å². The number of aromatic nitrogens is 3. The standard InChI is InChI=1S/C18H11Cl2N5O3/c1-24(17-8-16(23-28-17)12-4-2-10(19)6-14(12)20)18-13-5-3-11(25(26)27)7-15(13)21-9-22-18/h2-9H,1H3. The van der Waals surface area contributed by atoms with Crippen LogP contribution in [-0.4, -0.2) is 27.1 Å². The van der Waals surface area contributed by atoms with Crippen molar-refractivity contribution in [2.75, 3.05) is 11.9 Å². The molecule has 0 N–H and O–H groups in total. The fraction of sp³-hybridized carbons (Fsp3) is 0.0556. The maximum Gasteiger partial charge on any atom is 0.271 e. The van der Waals surface area contributed by atoms with Gasteiger partial charge in [0.15, 0.2) is 0 Å². The summed E-state index contributed by atoms with van der Waals surface area (Å²) in [5, 5.41) is 16.7. The molecule has 140 valence electrons. The van der Waals surface area contributed by atoms with E-state index in [-0.39, 0.29) is 5.69 Å². The van der Waals surface area contributed by atoms with E-state index in [1.807, 2.05) is 0 Å². The lowest BCUT2D eigenvalue weighted by molar-refractivity contribution is -0.384. The topological polar surface area (TPSA) is 98.2 Å². The second kappa shape index (κ2) is 7.06. The molecule has 0 saturated heterocycles. The number of halogens is 2. The molecule has 10 heteroatoms. The molecule has 28 heavy (non-hydrogen) atoms. The Bertz CT molecular complexity index is 1210. The van der Waals surface area contributed by atoms with Gasteiger partial charge in [-0.3, -0.25) is 15.0 Å². The van der Waals surface area contributed by atoms with E-state index in [0.29, 0.717) is 43.9 Å². The van der Waals surface area contributed by atoms with Crippen LogP contribution in [0.3, 0.4) is 0 Å². The summed E-state index contributed by atoms with van der Waals surface area (Å²) in [7, 11) is 1.75. The molecule has 0 aliphatic rings. The zero-order valence-corrected chi connectivity index (χ0v) is 15.8. The molecule has 0 amide bonds. The molecule has 4 aromatic rings. The molecular formula is C18H11Cl2N5O3. The summed E-state index contributed by atoms with van der Waals surface area (Å²) < 4.78 is 5.45. The van der Waals surface area contributed by atoms with Crippen molar-refractivity contribution in [2.24, 2.45) is 0 Å². The van der Waals surface area contributed by atoms with Crippen molar-refractivity contribution in [1.29, 1.82) is 0 Å². The molecule has 0 atom stereocenters. The summed E-state index contributed by atoms with van der Waals surface area (Å²) in [6.45, 7) is 0. The van der Waals surface area contributed by atoms with Gasteiger partial charge in [-0.15, -0.1) is 0 Å². The molecule has 0 spiro atoms. The summed E-state index contributed by atoms with van der Waals surface area (Å²) in [5.41, 5.74) is 1.63. The summed E-state index contributed by atoms with van der Waals surface area (Å²) >= 11 is 12.2. The Hall–Kier alpha value is -3.23. The highest BCUT2D eigenvalue weighted by Gasteiger charge is 2.18. The minimum absolute atomic E-state index is 0.0425. The van der Waals surface area contributed by atoms with E-state index < -0.39 is 4.92 Å². The van der Waals surface area contributed by atoms with Gasteiger partial charge in [0.05, 0.1) is 15.5 Å². The molecule has 8 nitrogen and oxygen atoms in total. The average Bonchev–Trinajstić information content (AvgIpc) is 3.16. The van der Waals surface area contributed by atoms with Crippen LogP contribution >= 0.6 is 23.2 Å². The van der Waals surface area contributed by atoms with Crippen molar-refractivity contribution in [3.05, 3.63) is 69.0 Å². The average molecular weight is 416 g/mol. The van der Waals surface area contributed by atoms with Crippen LogP contribution < -0.4 is 4.90 Å². The maximum absolute atomic E-state index is 11.0. The predicted molar refractivity (Wildman–Crippen MR) is 106 cm³/mol. The van der Waals surface area contributed by atoms with Gasteiger partial charge in [0.2, 0.25) is 5.88 Å². The summed E-state index contributed by atoms with van der Waals surface area (Å²) in [5.74, 6) is 0.934. The largest absolute Gasteiger partial charge is 0.338 e. The zero-order valence-electron chi connectivity index (χ0n) is 14.3. The van der Waals surface area contributed by atoms with E-state index >= 15 is 0 Å². The van der Waals surface area contributed by atoms with Crippen LogP contribution in [0.15, 0.2) is 53.3 Å². The second-order valence-electron chi connectivity index (χ2n) is 5.89. The Morgan fingerprint density at radius 3 is 2.68 bits per heavy atom. The van der Waals surface area contributed by atoms with Crippen LogP contribution in [0.25, 0.3) is 22.2 Å². The number of benzene rings is 2. The van der Waals surface area contributed by atoms with Gasteiger partial charge in [0.1, 0.15) is 17.8 Å². The summed E-state index contributed by atoms with van der Waals surface area (Å²) in [6.07, 6.45) is 1.34. The van der Waals surface area contributed by atoms with Gasteiger partial charge in [-0.25, -0.2) is 9.97 Å². The number of nitro benzene ring substituents is 1. The lowest BCUT2D eigenvalue weighted by atomic mass is 10.1. The molecule has 0 bridgehead atoms. The van der Waals surface area contributed by atoms with Crippen LogP contribution in [0.2, 0.25) is 10.0 Å². The third-order valence-corrected chi connectivity index (χ3v) is 4.71. The van der Waals surface area contributed by atoms with Crippen LogP contribution in [0, 0.1) is 10.1 Å². The number of hydrogen-bond acceptors (Lipinski definition) is 7. The first-order chi connectivity index (χ1) is 13.4. The van der Waals surface area contributed by atoms with E-state index in [1.54, 1.807) is 42.3 Å². The first kappa shape index (κ1) is 18.1. The number of fused-ring (bicyclic) bond motifs is 1. The number of anilines is 2. The van der Waals surface area contributed by atoms with E-state index in [9.17, 15) is 10.1 Å². The molecule has 0 radical (unpaired) electrons. The number of hydrogen-bond donors (Lipinski definition) is 0. The molecule has 0 unspecified atom stereocenters. The van der Waals surface area contributed by atoms with Gasteiger partial charge in [-0.05, 0) is 24.3 Å². The second-order valence-corrected chi connectivity index (χ2v) is 6.73. The van der Waals surface area contributed by atoms with E-state index in [1.165, 1.54) is 18.5 Å². The predicted octanol–water partition coefficient (Wildman–Crippen LogP) is 5.27. The molecule has 2 aromatic heterocycles. The third-order valence-electron chi connectivity index (χ3n) is 4.16. The van der Waals surface area contributed by atoms with Crippen molar-refractivity contribution in [3.8, 4) is 11.3 Å². The van der Waals surface area contributed by atoms with Gasteiger partial charge in [0, 0.05) is 41.2 Å². The molecule has 0 saturated carbocycles. The minimum atomic E-state index is -0.469. The summed E-state index contributed by atoms with van der Waals surface area (Å²) in [6, 6.07) is 11.2. The fourth-order valence-electron chi connectivity index (χ4n) is 2.76. The molecule has 0 aliphatic carbocycles. The Labute approximate surface area is 168 Å². The summed E-state index contributed by atoms with van der Waals surface area (Å²) in [4.78, 5) is 20.6. The lowest BCUT2D eigenvalue weighted by Crippen LogP contribution is -2.11. The molecule has 2 aromatic carbocycles. The highest BCUT2D eigenvalue weighted by molar-refractivity contribution is 6.36. The Morgan fingerprint density at radius 1 is 1.11 bits per heavy atom. The van der Waals surface area contributed by atoms with Crippen molar-refractivity contribution in [2.45, 2.75) is 0 Å². The quantitative estimate of drug-likeness (QED) is 0.330. The molecule has 0 fully saturated rings. The minimum Gasteiger partial charge on any atom is -0.338 e. The van der Waals surface area contributed by atoms with Gasteiger partial charge in [-0.1, -0.05) is 28.4 Å². The van der Waals surface area contributed by atoms with Gasteiger partial charge >= 0.3 is 0 Å². The van der Waals surface area contributed by atoms with Crippen LogP contribution in [0.4, 0.5) is 17.4 Å². The smallest absolute Gasteiger partial charge is 0.271 e. The highest BCUT2D eigenvalue weighted by atomic mass is 35.5. The normalized spacial score (nSPS) is 11.0. The fourth-order valence-corrected chi connectivity index (χ4v) is 3.27. The van der Waals surface area contributed by atoms with Gasteiger partial charge < -0.3 is 4.52 Å². The van der Waals surface area contributed by atoms with Crippen molar-refractivity contribution >= 4 is 51.5 Å². The zero-order chi connectivity index (χ0) is 19.8. The Kier molecular flexibility index (Phi) is 4.58. The van der Waals surface area contributed by atoms with E-state index in [2.05, 4.69) is 15.1 Å². The van der Waals surface area contributed by atoms with Crippen LogP contribution in [0.1, 0.15) is 0 Å². The monoisotopic (exact) mass is 415 g/mol. The molecular weight excluding hydrogens is 405 g/mol. The number of nitrogens with zero attached hydrogens (tertiary/aromatic N) is 5. The van der Waals surface area contributed by atoms with Crippen molar-refractivity contribution in [1.82, 2.24) is 15.1 Å². The first-order valence-electron chi connectivity index (χ1n) is 7.99. The Morgan fingerprint density at radius 2 is 1.93 bits per heavy atom. The van der Waals surface area contributed by atoms with E-state index in [4.69, 9.17) is 27.7 Å². The number of nitro groups is 1. The maximum atomic E-state index is 11.0. The van der Waals surface area contributed by atoms with Crippen LogP contribution in [0.5, 0.6) is 0 Å². The third kappa shape index (κ3) is 3.23. The Balaban J connectivity index is 1.73. The highest BCUT2D eigenvalue weighted by Crippen LogP contribution is 2.34.